The molecule has 0 spiro atoms. The highest BCUT2D eigenvalue weighted by Gasteiger charge is 2.51. The van der Waals surface area contributed by atoms with Gasteiger partial charge in [-0.3, -0.25) is 9.69 Å². The Morgan fingerprint density at radius 2 is 1.68 bits per heavy atom. The van der Waals surface area contributed by atoms with Gasteiger partial charge in [-0.1, -0.05) is 26.7 Å². The summed E-state index contributed by atoms with van der Waals surface area (Å²) in [7, 11) is 2.15. The third-order valence-electron chi connectivity index (χ3n) is 5.45. The van der Waals surface area contributed by atoms with E-state index in [1.807, 2.05) is 0 Å². The Morgan fingerprint density at radius 1 is 1.11 bits per heavy atom. The third-order valence-corrected chi connectivity index (χ3v) is 5.45. The van der Waals surface area contributed by atoms with Gasteiger partial charge in [0.1, 0.15) is 0 Å². The molecule has 4 heteroatoms. The Morgan fingerprint density at radius 3 is 2.21 bits per heavy atom. The average molecular weight is 268 g/mol. The van der Waals surface area contributed by atoms with Crippen LogP contribution in [0.25, 0.3) is 0 Å². The van der Waals surface area contributed by atoms with E-state index in [2.05, 4.69) is 30.7 Å². The number of rotatable bonds is 3. The highest BCUT2D eigenvalue weighted by molar-refractivity contribution is 5.68. The van der Waals surface area contributed by atoms with Gasteiger partial charge in [0.15, 0.2) is 0 Å². The van der Waals surface area contributed by atoms with Crippen LogP contribution in [-0.4, -0.2) is 59.6 Å². The second-order valence-corrected chi connectivity index (χ2v) is 6.98. The lowest BCUT2D eigenvalue weighted by Gasteiger charge is -2.57. The number of carboxylic acids is 1. The van der Waals surface area contributed by atoms with Crippen molar-refractivity contribution >= 4 is 5.97 Å². The Bertz CT molecular complexity index is 335. The zero-order valence-corrected chi connectivity index (χ0v) is 12.6. The Kier molecular flexibility index (Phi) is 4.21. The lowest BCUT2D eigenvalue weighted by molar-refractivity contribution is -0.148. The lowest BCUT2D eigenvalue weighted by atomic mass is 9.60. The second-order valence-electron chi connectivity index (χ2n) is 6.98. The summed E-state index contributed by atoms with van der Waals surface area (Å²) in [6.07, 6.45) is 4.89. The summed E-state index contributed by atoms with van der Waals surface area (Å²) in [5.41, 5.74) is -0.0438. The van der Waals surface area contributed by atoms with Crippen molar-refractivity contribution in [1.29, 1.82) is 0 Å². The van der Waals surface area contributed by atoms with E-state index in [4.69, 9.17) is 0 Å². The first-order valence-electron chi connectivity index (χ1n) is 7.53. The first-order chi connectivity index (χ1) is 8.87. The van der Waals surface area contributed by atoms with E-state index >= 15 is 0 Å². The lowest BCUT2D eigenvalue weighted by Crippen LogP contribution is -2.64. The van der Waals surface area contributed by atoms with E-state index in [-0.39, 0.29) is 11.0 Å². The van der Waals surface area contributed by atoms with Gasteiger partial charge in [-0.2, -0.15) is 0 Å². The smallest absolute Gasteiger partial charge is 0.305 e. The van der Waals surface area contributed by atoms with Crippen LogP contribution in [0.1, 0.15) is 46.0 Å². The maximum atomic E-state index is 11.4. The van der Waals surface area contributed by atoms with Crippen molar-refractivity contribution in [1.82, 2.24) is 9.80 Å². The fourth-order valence-electron chi connectivity index (χ4n) is 4.07. The largest absolute Gasteiger partial charge is 0.481 e. The first-order valence-corrected chi connectivity index (χ1v) is 7.53. The molecule has 2 rings (SSSR count). The quantitative estimate of drug-likeness (QED) is 0.851. The molecule has 1 aliphatic carbocycles. The maximum absolute atomic E-state index is 11.4. The Hall–Kier alpha value is -0.610. The zero-order chi connectivity index (χ0) is 14.1. The van der Waals surface area contributed by atoms with Crippen LogP contribution >= 0.6 is 0 Å². The van der Waals surface area contributed by atoms with E-state index in [1.54, 1.807) is 0 Å². The van der Waals surface area contributed by atoms with Crippen molar-refractivity contribution in [2.24, 2.45) is 5.41 Å². The van der Waals surface area contributed by atoms with Crippen LogP contribution in [-0.2, 0) is 4.79 Å². The van der Waals surface area contributed by atoms with Crippen LogP contribution < -0.4 is 0 Å². The van der Waals surface area contributed by atoms with Crippen LogP contribution in [0, 0.1) is 5.41 Å². The number of hydrogen-bond donors (Lipinski definition) is 1. The minimum absolute atomic E-state index is 0.0968. The fraction of sp³-hybridized carbons (Fsp3) is 0.933. The molecule has 4 nitrogen and oxygen atoms in total. The summed E-state index contributed by atoms with van der Waals surface area (Å²) in [5, 5.41) is 9.41. The van der Waals surface area contributed by atoms with Crippen molar-refractivity contribution in [2.75, 3.05) is 33.2 Å². The van der Waals surface area contributed by atoms with Crippen molar-refractivity contribution in [3.05, 3.63) is 0 Å². The van der Waals surface area contributed by atoms with Crippen LogP contribution in [0.3, 0.4) is 0 Å². The Balaban J connectivity index is 2.25. The fourth-order valence-corrected chi connectivity index (χ4v) is 4.07. The Labute approximate surface area is 116 Å². The molecule has 1 saturated carbocycles. The summed E-state index contributed by atoms with van der Waals surface area (Å²) in [5.74, 6) is -0.645. The summed E-state index contributed by atoms with van der Waals surface area (Å²) in [6.45, 7) is 8.66. The van der Waals surface area contributed by atoms with Crippen molar-refractivity contribution in [3.8, 4) is 0 Å². The van der Waals surface area contributed by atoms with Crippen LogP contribution in [0.15, 0.2) is 0 Å². The molecule has 1 heterocycles. The summed E-state index contributed by atoms with van der Waals surface area (Å²) < 4.78 is 0. The molecule has 0 aromatic rings. The number of nitrogens with zero attached hydrogens (tertiary/aromatic N) is 2. The van der Waals surface area contributed by atoms with Crippen molar-refractivity contribution < 1.29 is 9.90 Å². The molecule has 2 fully saturated rings. The van der Waals surface area contributed by atoms with E-state index in [1.165, 1.54) is 12.8 Å². The van der Waals surface area contributed by atoms with Crippen molar-refractivity contribution in [2.45, 2.75) is 51.5 Å². The second kappa shape index (κ2) is 5.41. The molecule has 0 bridgehead atoms. The summed E-state index contributed by atoms with van der Waals surface area (Å²) in [4.78, 5) is 16.3. The molecule has 1 N–H and O–H groups in total. The number of aliphatic carboxylic acids is 1. The highest BCUT2D eigenvalue weighted by atomic mass is 16.4. The number of carbonyl (C=O) groups is 1. The molecule has 0 amide bonds. The molecule has 1 saturated heterocycles. The van der Waals surface area contributed by atoms with Gasteiger partial charge in [0.25, 0.3) is 0 Å². The third kappa shape index (κ3) is 2.79. The van der Waals surface area contributed by atoms with Gasteiger partial charge >= 0.3 is 5.97 Å². The molecule has 0 radical (unpaired) electrons. The minimum atomic E-state index is -0.645. The molecule has 2 aliphatic rings. The average Bonchev–Trinajstić information content (AvgIpc) is 2.32. The van der Waals surface area contributed by atoms with E-state index in [0.29, 0.717) is 6.42 Å². The van der Waals surface area contributed by atoms with E-state index in [0.717, 1.165) is 39.0 Å². The number of hydrogen-bond acceptors (Lipinski definition) is 3. The molecule has 110 valence electrons. The highest BCUT2D eigenvalue weighted by Crippen LogP contribution is 2.49. The van der Waals surface area contributed by atoms with Crippen LogP contribution in [0.5, 0.6) is 0 Å². The molecular weight excluding hydrogens is 240 g/mol. The minimum Gasteiger partial charge on any atom is -0.481 e. The standard InChI is InChI=1S/C15H28N2O2/c1-14(2)6-4-5-7-15(14,12-13(18)19)17-10-8-16(3)9-11-17/h4-12H2,1-3H3,(H,18,19). The van der Waals surface area contributed by atoms with Crippen LogP contribution in [0.2, 0.25) is 0 Å². The van der Waals surface area contributed by atoms with Crippen molar-refractivity contribution in [3.63, 3.8) is 0 Å². The topological polar surface area (TPSA) is 43.8 Å². The normalized spacial score (nSPS) is 33.2. The van der Waals surface area contributed by atoms with Gasteiger partial charge in [-0.25, -0.2) is 0 Å². The van der Waals surface area contributed by atoms with Gasteiger partial charge < -0.3 is 10.0 Å². The summed E-state index contributed by atoms with van der Waals surface area (Å²) >= 11 is 0. The molecule has 1 atom stereocenters. The molecular formula is C15H28N2O2. The predicted molar refractivity (Wildman–Crippen MR) is 76.3 cm³/mol. The van der Waals surface area contributed by atoms with Gasteiger partial charge in [-0.15, -0.1) is 0 Å². The molecule has 1 unspecified atom stereocenters. The predicted octanol–water partition coefficient (Wildman–Crippen LogP) is 2.05. The van der Waals surface area contributed by atoms with Gasteiger partial charge in [-0.05, 0) is 25.3 Å². The molecule has 0 aromatic carbocycles. The maximum Gasteiger partial charge on any atom is 0.305 e. The monoisotopic (exact) mass is 268 g/mol. The number of carboxylic acid groups (broad SMARTS) is 1. The molecule has 1 aliphatic heterocycles. The summed E-state index contributed by atoms with van der Waals surface area (Å²) in [6, 6.07) is 0. The number of piperazine rings is 1. The zero-order valence-electron chi connectivity index (χ0n) is 12.6. The van der Waals surface area contributed by atoms with Gasteiger partial charge in [0.2, 0.25) is 0 Å². The molecule has 19 heavy (non-hydrogen) atoms. The number of likely N-dealkylation sites (N-methyl/N-ethyl adjacent to an activating group) is 1. The molecule has 0 aromatic heterocycles. The van der Waals surface area contributed by atoms with Crippen LogP contribution in [0.4, 0.5) is 0 Å². The SMILES string of the molecule is CN1CCN(C2(CC(=O)O)CCCCC2(C)C)CC1. The van der Waals surface area contributed by atoms with Gasteiger partial charge in [0.05, 0.1) is 6.42 Å². The first kappa shape index (κ1) is 14.8. The van der Waals surface area contributed by atoms with E-state index in [9.17, 15) is 9.90 Å². The van der Waals surface area contributed by atoms with Gasteiger partial charge in [0, 0.05) is 31.7 Å². The van der Waals surface area contributed by atoms with E-state index < -0.39 is 5.97 Å².